The number of aromatic nitrogens is 1. The fourth-order valence-corrected chi connectivity index (χ4v) is 5.14. The maximum absolute atomic E-state index is 13.9. The second-order valence-corrected chi connectivity index (χ2v) is 11.2. The van der Waals surface area contributed by atoms with E-state index in [1.807, 2.05) is 0 Å². The maximum atomic E-state index is 13.9. The van der Waals surface area contributed by atoms with Gasteiger partial charge >= 0.3 is 22.3 Å². The Kier molecular flexibility index (Phi) is 8.19. The van der Waals surface area contributed by atoms with Gasteiger partial charge in [-0.3, -0.25) is 9.29 Å². The molecular weight excluding hydrogens is 491 g/mol. The molecule has 1 amide bonds. The summed E-state index contributed by atoms with van der Waals surface area (Å²) in [4.78, 5) is 29.8. The van der Waals surface area contributed by atoms with E-state index < -0.39 is 33.7 Å². The van der Waals surface area contributed by atoms with E-state index in [0.717, 1.165) is 4.31 Å². The van der Waals surface area contributed by atoms with Crippen LogP contribution in [-0.2, 0) is 26.2 Å². The lowest BCUT2D eigenvalue weighted by Gasteiger charge is -2.37. The van der Waals surface area contributed by atoms with Crippen LogP contribution in [-0.4, -0.2) is 73.6 Å². The molecule has 0 radical (unpaired) electrons. The van der Waals surface area contributed by atoms with Crippen molar-refractivity contribution in [2.24, 2.45) is 0 Å². The largest absolute Gasteiger partial charge is 0.465 e. The lowest BCUT2D eigenvalue weighted by Crippen LogP contribution is -2.54. The second kappa shape index (κ2) is 10.8. The molecule has 0 unspecified atom stereocenters. The molecule has 0 N–H and O–H groups in total. The van der Waals surface area contributed by atoms with Crippen LogP contribution in [0.4, 0.5) is 14.9 Å². The average molecular weight is 523 g/mol. The number of aryl methyl sites for hydroxylation is 1. The highest BCUT2D eigenvalue weighted by Gasteiger charge is 2.35. The summed E-state index contributed by atoms with van der Waals surface area (Å²) in [5, 5.41) is 0. The summed E-state index contributed by atoms with van der Waals surface area (Å²) in [6.45, 7) is 7.14. The smallest absolute Gasteiger partial charge is 0.410 e. The fourth-order valence-electron chi connectivity index (χ4n) is 3.56. The number of carbonyl (C=O) groups is 2. The van der Waals surface area contributed by atoms with E-state index in [0.29, 0.717) is 5.69 Å². The van der Waals surface area contributed by atoms with Crippen molar-refractivity contribution in [1.29, 1.82) is 0 Å². The van der Waals surface area contributed by atoms with E-state index in [-0.39, 0.29) is 49.5 Å². The van der Waals surface area contributed by atoms with Crippen molar-refractivity contribution in [2.45, 2.75) is 39.8 Å². The molecule has 0 atom stereocenters. The Hall–Kier alpha value is -3.25. The molecule has 0 spiro atoms. The van der Waals surface area contributed by atoms with Crippen molar-refractivity contribution in [2.75, 3.05) is 37.6 Å². The Morgan fingerprint density at radius 3 is 2.31 bits per heavy atom. The van der Waals surface area contributed by atoms with Crippen LogP contribution in [0.2, 0.25) is 0 Å². The van der Waals surface area contributed by atoms with Gasteiger partial charge in [-0.1, -0.05) is 0 Å². The Balaban J connectivity index is 1.85. The molecule has 1 aromatic heterocycles. The lowest BCUT2D eigenvalue weighted by molar-refractivity contribution is 0.0192. The molecule has 0 aliphatic carbocycles. The molecule has 2 heterocycles. The first-order valence-corrected chi connectivity index (χ1v) is 12.8. The van der Waals surface area contributed by atoms with Crippen LogP contribution in [0.1, 0.15) is 42.4 Å². The van der Waals surface area contributed by atoms with Crippen LogP contribution in [0.3, 0.4) is 0 Å². The highest BCUT2D eigenvalue weighted by Crippen LogP contribution is 2.26. The predicted octanol–water partition coefficient (Wildman–Crippen LogP) is 3.12. The van der Waals surface area contributed by atoms with Crippen molar-refractivity contribution < 1.29 is 31.9 Å². The molecule has 0 bridgehead atoms. The summed E-state index contributed by atoms with van der Waals surface area (Å²) in [7, 11) is -2.83. The molecule has 3 rings (SSSR count). The van der Waals surface area contributed by atoms with Crippen molar-refractivity contribution >= 4 is 28.0 Å². The number of anilines is 1. The number of rotatable bonds is 6. The van der Waals surface area contributed by atoms with E-state index >= 15 is 0 Å². The van der Waals surface area contributed by atoms with Gasteiger partial charge in [-0.05, 0) is 63.6 Å². The minimum atomic E-state index is -4.09. The topological polar surface area (TPSA) is 109 Å². The van der Waals surface area contributed by atoms with Crippen molar-refractivity contribution in [3.8, 4) is 0 Å². The van der Waals surface area contributed by atoms with Gasteiger partial charge in [0.15, 0.2) is 0 Å². The van der Waals surface area contributed by atoms with Crippen LogP contribution in [0.25, 0.3) is 0 Å². The number of hydrogen-bond acceptors (Lipinski definition) is 7. The van der Waals surface area contributed by atoms with Gasteiger partial charge in [-0.25, -0.2) is 14.0 Å². The van der Waals surface area contributed by atoms with Crippen LogP contribution in [0.15, 0.2) is 36.5 Å². The van der Waals surface area contributed by atoms with Gasteiger partial charge in [0, 0.05) is 32.4 Å². The summed E-state index contributed by atoms with van der Waals surface area (Å²) < 4.78 is 53.9. The standard InChI is InChI=1S/C24H31FN4O6S/c1-17-14-20(8-9-21(17)25)29(16-19-7-6-18(15-26-19)22(30)34-5)36(32,33)28-12-10-27(11-13-28)23(31)35-24(2,3)4/h6-9,14-15H,10-13,16H2,1-5H3. The van der Waals surface area contributed by atoms with Crippen LogP contribution in [0, 0.1) is 12.7 Å². The Labute approximate surface area is 210 Å². The molecule has 1 aromatic carbocycles. The third kappa shape index (κ3) is 6.49. The van der Waals surface area contributed by atoms with E-state index in [2.05, 4.69) is 9.72 Å². The minimum absolute atomic E-state index is 0.0625. The number of ether oxygens (including phenoxy) is 2. The van der Waals surface area contributed by atoms with Gasteiger partial charge < -0.3 is 14.4 Å². The zero-order valence-electron chi connectivity index (χ0n) is 21.0. The van der Waals surface area contributed by atoms with E-state index in [1.165, 1.54) is 52.8 Å². The molecule has 10 nitrogen and oxygen atoms in total. The van der Waals surface area contributed by atoms with Crippen molar-refractivity contribution in [3.63, 3.8) is 0 Å². The summed E-state index contributed by atoms with van der Waals surface area (Å²) >= 11 is 0. The van der Waals surface area contributed by atoms with E-state index in [9.17, 15) is 22.4 Å². The first-order chi connectivity index (χ1) is 16.8. The molecular formula is C24H31FN4O6S. The van der Waals surface area contributed by atoms with E-state index in [4.69, 9.17) is 4.74 Å². The summed E-state index contributed by atoms with van der Waals surface area (Å²) in [5.41, 5.74) is 0.499. The average Bonchev–Trinajstić information content (AvgIpc) is 2.83. The monoisotopic (exact) mass is 522 g/mol. The Bertz CT molecular complexity index is 1210. The molecule has 1 aliphatic rings. The molecule has 1 aliphatic heterocycles. The van der Waals surface area contributed by atoms with Crippen molar-refractivity contribution in [1.82, 2.24) is 14.2 Å². The van der Waals surface area contributed by atoms with Crippen LogP contribution in [0.5, 0.6) is 0 Å². The third-order valence-electron chi connectivity index (χ3n) is 5.48. The number of esters is 1. The first kappa shape index (κ1) is 27.3. The normalized spacial score (nSPS) is 14.9. The number of hydrogen-bond donors (Lipinski definition) is 0. The fraction of sp³-hybridized carbons (Fsp3) is 0.458. The summed E-state index contributed by atoms with van der Waals surface area (Å²) in [6.07, 6.45) is 0.807. The molecule has 12 heteroatoms. The van der Waals surface area contributed by atoms with Gasteiger partial charge in [0.1, 0.15) is 11.4 Å². The summed E-state index contributed by atoms with van der Waals surface area (Å²) in [6, 6.07) is 7.08. The predicted molar refractivity (Wildman–Crippen MR) is 131 cm³/mol. The van der Waals surface area contributed by atoms with Crippen molar-refractivity contribution in [3.05, 3.63) is 59.2 Å². The number of carbonyl (C=O) groups excluding carboxylic acids is 2. The molecule has 2 aromatic rings. The van der Waals surface area contributed by atoms with Crippen LogP contribution >= 0.6 is 0 Å². The number of methoxy groups -OCH3 is 1. The number of benzene rings is 1. The molecule has 1 saturated heterocycles. The quantitative estimate of drug-likeness (QED) is 0.536. The van der Waals surface area contributed by atoms with Gasteiger partial charge in [0.05, 0.1) is 30.6 Å². The molecule has 196 valence electrons. The highest BCUT2D eigenvalue weighted by atomic mass is 32.2. The van der Waals surface area contributed by atoms with Gasteiger partial charge in [-0.2, -0.15) is 12.7 Å². The molecule has 1 fully saturated rings. The number of amides is 1. The number of nitrogens with zero attached hydrogens (tertiary/aromatic N) is 4. The number of piperazine rings is 1. The number of halogens is 1. The van der Waals surface area contributed by atoms with Gasteiger partial charge in [0.25, 0.3) is 0 Å². The SMILES string of the molecule is COC(=O)c1ccc(CN(c2ccc(F)c(C)c2)S(=O)(=O)N2CCN(C(=O)OC(C)(C)C)CC2)nc1. The van der Waals surface area contributed by atoms with Gasteiger partial charge in [0.2, 0.25) is 0 Å². The highest BCUT2D eigenvalue weighted by molar-refractivity contribution is 7.90. The zero-order chi connectivity index (χ0) is 26.7. The summed E-state index contributed by atoms with van der Waals surface area (Å²) in [5.74, 6) is -1.02. The minimum Gasteiger partial charge on any atom is -0.465 e. The first-order valence-electron chi connectivity index (χ1n) is 11.4. The molecule has 0 saturated carbocycles. The van der Waals surface area contributed by atoms with E-state index in [1.54, 1.807) is 27.7 Å². The lowest BCUT2D eigenvalue weighted by atomic mass is 10.2. The third-order valence-corrected chi connectivity index (χ3v) is 7.39. The Morgan fingerprint density at radius 1 is 1.11 bits per heavy atom. The van der Waals surface area contributed by atoms with Gasteiger partial charge in [-0.15, -0.1) is 0 Å². The maximum Gasteiger partial charge on any atom is 0.410 e. The van der Waals surface area contributed by atoms with Crippen LogP contribution < -0.4 is 4.31 Å². The zero-order valence-corrected chi connectivity index (χ0v) is 21.8. The molecule has 36 heavy (non-hydrogen) atoms. The number of pyridine rings is 1. The second-order valence-electron chi connectivity index (χ2n) is 9.34. The Morgan fingerprint density at radius 2 is 1.78 bits per heavy atom.